The second-order valence-electron chi connectivity index (χ2n) is 5.03. The molecule has 16 heavy (non-hydrogen) atoms. The number of benzene rings is 1. The minimum Gasteiger partial charge on any atom is -0.496 e. The normalized spacial score (nSPS) is 12.7. The topological polar surface area (TPSA) is 49.7 Å². The molecule has 0 fully saturated rings. The Morgan fingerprint density at radius 1 is 1.00 bits per heavy atom. The minimum atomic E-state index is -0.955. The van der Waals surface area contributed by atoms with Crippen molar-refractivity contribution in [1.82, 2.24) is 0 Å². The number of ether oxygens (including phenoxy) is 1. The maximum absolute atomic E-state index is 9.95. The summed E-state index contributed by atoms with van der Waals surface area (Å²) in [4.78, 5) is 0. The highest BCUT2D eigenvalue weighted by Gasteiger charge is 2.24. The van der Waals surface area contributed by atoms with Crippen LogP contribution in [0.2, 0.25) is 0 Å². The van der Waals surface area contributed by atoms with Gasteiger partial charge in [-0.05, 0) is 39.3 Å². The molecule has 3 heteroatoms. The second kappa shape index (κ2) is 4.07. The zero-order valence-corrected chi connectivity index (χ0v) is 10.5. The predicted octanol–water partition coefficient (Wildman–Crippen LogP) is 2.15. The van der Waals surface area contributed by atoms with Crippen molar-refractivity contribution >= 4 is 0 Å². The van der Waals surface area contributed by atoms with Crippen molar-refractivity contribution in [2.75, 3.05) is 7.11 Å². The fourth-order valence-electron chi connectivity index (χ4n) is 1.58. The number of aliphatic hydroxyl groups is 2. The van der Waals surface area contributed by atoms with E-state index in [0.717, 1.165) is 5.56 Å². The molecular weight excluding hydrogens is 204 g/mol. The number of methoxy groups -OCH3 is 1. The monoisotopic (exact) mass is 224 g/mol. The molecule has 0 aliphatic carbocycles. The molecule has 1 rings (SSSR count). The molecule has 0 atom stereocenters. The number of hydrogen-bond donors (Lipinski definition) is 2. The van der Waals surface area contributed by atoms with Crippen LogP contribution in [0, 0.1) is 0 Å². The van der Waals surface area contributed by atoms with E-state index in [1.807, 2.05) is 0 Å². The first-order valence-corrected chi connectivity index (χ1v) is 5.30. The Labute approximate surface area is 96.7 Å². The summed E-state index contributed by atoms with van der Waals surface area (Å²) < 4.78 is 5.24. The molecule has 0 radical (unpaired) electrons. The van der Waals surface area contributed by atoms with E-state index < -0.39 is 11.2 Å². The van der Waals surface area contributed by atoms with Gasteiger partial charge in [0.05, 0.1) is 18.3 Å². The minimum absolute atomic E-state index is 0.590. The predicted molar refractivity (Wildman–Crippen MR) is 63.5 cm³/mol. The zero-order chi connectivity index (χ0) is 12.6. The van der Waals surface area contributed by atoms with E-state index in [1.165, 1.54) is 0 Å². The van der Waals surface area contributed by atoms with E-state index in [4.69, 9.17) is 4.74 Å². The molecule has 0 aliphatic heterocycles. The Morgan fingerprint density at radius 2 is 1.56 bits per heavy atom. The van der Waals surface area contributed by atoms with Crippen molar-refractivity contribution in [2.24, 2.45) is 0 Å². The van der Waals surface area contributed by atoms with Crippen LogP contribution in [-0.4, -0.2) is 17.3 Å². The SMILES string of the molecule is COc1cc(C(C)(C)O)ccc1C(C)(C)O. The smallest absolute Gasteiger partial charge is 0.125 e. The second-order valence-corrected chi connectivity index (χ2v) is 5.03. The van der Waals surface area contributed by atoms with Crippen LogP contribution >= 0.6 is 0 Å². The van der Waals surface area contributed by atoms with Crippen LogP contribution < -0.4 is 4.74 Å². The van der Waals surface area contributed by atoms with E-state index in [0.29, 0.717) is 11.3 Å². The zero-order valence-electron chi connectivity index (χ0n) is 10.5. The lowest BCUT2D eigenvalue weighted by atomic mass is 9.91. The lowest BCUT2D eigenvalue weighted by Crippen LogP contribution is -2.19. The quantitative estimate of drug-likeness (QED) is 0.827. The van der Waals surface area contributed by atoms with Gasteiger partial charge in [-0.3, -0.25) is 0 Å². The summed E-state index contributed by atoms with van der Waals surface area (Å²) in [5.41, 5.74) is -0.394. The van der Waals surface area contributed by atoms with Crippen LogP contribution in [0.3, 0.4) is 0 Å². The molecule has 0 unspecified atom stereocenters. The first kappa shape index (κ1) is 13.0. The lowest BCUT2D eigenvalue weighted by Gasteiger charge is -2.24. The summed E-state index contributed by atoms with van der Waals surface area (Å²) in [6.07, 6.45) is 0. The average Bonchev–Trinajstić information content (AvgIpc) is 2.14. The van der Waals surface area contributed by atoms with Crippen LogP contribution in [0.5, 0.6) is 5.75 Å². The molecule has 0 bridgehead atoms. The highest BCUT2D eigenvalue weighted by Crippen LogP contribution is 2.33. The molecule has 0 saturated carbocycles. The van der Waals surface area contributed by atoms with E-state index in [2.05, 4.69) is 0 Å². The molecule has 2 N–H and O–H groups in total. The molecule has 1 aromatic rings. The van der Waals surface area contributed by atoms with Crippen LogP contribution in [0.15, 0.2) is 18.2 Å². The van der Waals surface area contributed by atoms with Crippen LogP contribution in [0.25, 0.3) is 0 Å². The van der Waals surface area contributed by atoms with Crippen molar-refractivity contribution in [3.05, 3.63) is 29.3 Å². The van der Waals surface area contributed by atoms with Gasteiger partial charge in [-0.1, -0.05) is 12.1 Å². The Balaban J connectivity index is 3.28. The van der Waals surface area contributed by atoms with E-state index in [1.54, 1.807) is 53.0 Å². The molecule has 0 heterocycles. The Morgan fingerprint density at radius 3 is 1.94 bits per heavy atom. The van der Waals surface area contributed by atoms with Crippen molar-refractivity contribution in [3.63, 3.8) is 0 Å². The summed E-state index contributed by atoms with van der Waals surface area (Å²) >= 11 is 0. The van der Waals surface area contributed by atoms with E-state index in [9.17, 15) is 10.2 Å². The van der Waals surface area contributed by atoms with Gasteiger partial charge >= 0.3 is 0 Å². The van der Waals surface area contributed by atoms with Gasteiger partial charge in [0.25, 0.3) is 0 Å². The summed E-state index contributed by atoms with van der Waals surface area (Å²) in [5, 5.41) is 19.8. The van der Waals surface area contributed by atoms with Gasteiger partial charge in [-0.25, -0.2) is 0 Å². The first-order valence-electron chi connectivity index (χ1n) is 5.30. The third kappa shape index (κ3) is 2.74. The summed E-state index contributed by atoms with van der Waals surface area (Å²) in [7, 11) is 1.55. The molecule has 90 valence electrons. The van der Waals surface area contributed by atoms with Crippen molar-refractivity contribution in [1.29, 1.82) is 0 Å². The van der Waals surface area contributed by atoms with E-state index in [-0.39, 0.29) is 0 Å². The van der Waals surface area contributed by atoms with Gasteiger partial charge < -0.3 is 14.9 Å². The maximum Gasteiger partial charge on any atom is 0.125 e. The maximum atomic E-state index is 9.95. The average molecular weight is 224 g/mol. The fourth-order valence-corrected chi connectivity index (χ4v) is 1.58. The van der Waals surface area contributed by atoms with Crippen LogP contribution in [0.4, 0.5) is 0 Å². The lowest BCUT2D eigenvalue weighted by molar-refractivity contribution is 0.0718. The standard InChI is InChI=1S/C13H20O3/c1-12(2,14)9-6-7-10(13(3,4)15)11(8-9)16-5/h6-8,14-15H,1-5H3. The van der Waals surface area contributed by atoms with Crippen LogP contribution in [-0.2, 0) is 11.2 Å². The molecule has 0 saturated heterocycles. The molecule has 0 aliphatic rings. The number of hydrogen-bond acceptors (Lipinski definition) is 3. The summed E-state index contributed by atoms with van der Waals surface area (Å²) in [5.74, 6) is 0.590. The van der Waals surface area contributed by atoms with E-state index >= 15 is 0 Å². The molecule has 0 aromatic heterocycles. The molecular formula is C13H20O3. The summed E-state index contributed by atoms with van der Waals surface area (Å²) in [6, 6.07) is 5.34. The molecule has 1 aromatic carbocycles. The fraction of sp³-hybridized carbons (Fsp3) is 0.538. The van der Waals surface area contributed by atoms with Gasteiger partial charge in [-0.2, -0.15) is 0 Å². The highest BCUT2D eigenvalue weighted by molar-refractivity contribution is 5.42. The first-order chi connectivity index (χ1) is 7.16. The Kier molecular flexibility index (Phi) is 3.31. The largest absolute Gasteiger partial charge is 0.496 e. The van der Waals surface area contributed by atoms with Crippen molar-refractivity contribution in [2.45, 2.75) is 38.9 Å². The van der Waals surface area contributed by atoms with Gasteiger partial charge in [-0.15, -0.1) is 0 Å². The molecule has 0 amide bonds. The Hall–Kier alpha value is -1.06. The van der Waals surface area contributed by atoms with Gasteiger partial charge in [0.15, 0.2) is 0 Å². The van der Waals surface area contributed by atoms with Crippen LogP contribution in [0.1, 0.15) is 38.8 Å². The molecule has 0 spiro atoms. The van der Waals surface area contributed by atoms with Gasteiger partial charge in [0.2, 0.25) is 0 Å². The molecule has 3 nitrogen and oxygen atoms in total. The van der Waals surface area contributed by atoms with Gasteiger partial charge in [0.1, 0.15) is 5.75 Å². The van der Waals surface area contributed by atoms with Crippen molar-refractivity contribution < 1.29 is 14.9 Å². The third-order valence-electron chi connectivity index (χ3n) is 2.57. The highest BCUT2D eigenvalue weighted by atomic mass is 16.5. The van der Waals surface area contributed by atoms with Gasteiger partial charge in [0, 0.05) is 5.56 Å². The summed E-state index contributed by atoms with van der Waals surface area (Å²) in [6.45, 7) is 6.83. The third-order valence-corrected chi connectivity index (χ3v) is 2.57. The number of rotatable bonds is 3. The Bertz CT molecular complexity index is 370. The van der Waals surface area contributed by atoms with Crippen molar-refractivity contribution in [3.8, 4) is 5.75 Å².